The van der Waals surface area contributed by atoms with Crippen molar-refractivity contribution in [2.24, 2.45) is 0 Å². The lowest BCUT2D eigenvalue weighted by Gasteiger charge is -2.36. The highest BCUT2D eigenvalue weighted by Gasteiger charge is 2.40. The van der Waals surface area contributed by atoms with Crippen molar-refractivity contribution in [2.75, 3.05) is 4.90 Å². The molecule has 1 aromatic heterocycles. The van der Waals surface area contributed by atoms with E-state index in [0.717, 1.165) is 19.3 Å². The van der Waals surface area contributed by atoms with Crippen LogP contribution in [0.3, 0.4) is 0 Å². The van der Waals surface area contributed by atoms with Gasteiger partial charge < -0.3 is 9.47 Å². The number of hydrogen-bond acceptors (Lipinski definition) is 1. The molecule has 0 N–H and O–H groups in total. The molecule has 206 valence electrons. The Hall–Kier alpha value is -4.56. The van der Waals surface area contributed by atoms with Gasteiger partial charge in [0.05, 0.1) is 17.1 Å². The standard InChI is InChI=1S/C40H36N2/c1-27-17-19-29(20-18-27)41(30-21-23-33-32-13-7-9-15-36(32)40(2,3)37(33)25-30)31-22-24-35-34-14-8-10-16-38(34)42(39(35)26-31)28-11-5-4-6-12-28/h5,7-20,22-26,30H,4,6,21H2,1-3H3. The van der Waals surface area contributed by atoms with Crippen molar-refractivity contribution in [3.63, 3.8) is 0 Å². The Labute approximate surface area is 248 Å². The summed E-state index contributed by atoms with van der Waals surface area (Å²) in [6.07, 6.45) is 15.2. The normalized spacial score (nSPS) is 18.8. The Morgan fingerprint density at radius 2 is 1.52 bits per heavy atom. The topological polar surface area (TPSA) is 8.17 Å². The molecular weight excluding hydrogens is 508 g/mol. The van der Waals surface area contributed by atoms with Crippen LogP contribution in [0.15, 0.2) is 127 Å². The summed E-state index contributed by atoms with van der Waals surface area (Å²) in [5.41, 5.74) is 13.2. The number of allylic oxidation sites excluding steroid dienone is 6. The third kappa shape index (κ3) is 3.78. The molecule has 1 unspecified atom stereocenters. The Balaban J connectivity index is 1.32. The molecule has 0 bridgehead atoms. The fourth-order valence-corrected chi connectivity index (χ4v) is 7.48. The van der Waals surface area contributed by atoms with Crippen molar-refractivity contribution in [3.8, 4) is 0 Å². The van der Waals surface area contributed by atoms with E-state index >= 15 is 0 Å². The number of rotatable bonds is 4. The summed E-state index contributed by atoms with van der Waals surface area (Å²) in [7, 11) is 0. The Bertz CT molecular complexity index is 1990. The number of hydrogen-bond donors (Lipinski definition) is 0. The van der Waals surface area contributed by atoms with Crippen LogP contribution in [0.2, 0.25) is 0 Å². The molecule has 1 heterocycles. The number of fused-ring (bicyclic) bond motifs is 6. The number of para-hydroxylation sites is 1. The van der Waals surface area contributed by atoms with Gasteiger partial charge in [-0.15, -0.1) is 0 Å². The van der Waals surface area contributed by atoms with E-state index in [0.29, 0.717) is 0 Å². The van der Waals surface area contributed by atoms with Crippen molar-refractivity contribution in [2.45, 2.75) is 51.5 Å². The van der Waals surface area contributed by atoms with E-state index in [1.165, 1.54) is 66.7 Å². The second-order valence-electron chi connectivity index (χ2n) is 12.5. The zero-order chi connectivity index (χ0) is 28.4. The summed E-state index contributed by atoms with van der Waals surface area (Å²) in [6.45, 7) is 6.93. The van der Waals surface area contributed by atoms with Crippen molar-refractivity contribution in [1.29, 1.82) is 0 Å². The molecule has 2 nitrogen and oxygen atoms in total. The van der Waals surface area contributed by atoms with E-state index < -0.39 is 0 Å². The second-order valence-corrected chi connectivity index (χ2v) is 12.5. The van der Waals surface area contributed by atoms with Crippen LogP contribution in [0.1, 0.15) is 49.8 Å². The monoisotopic (exact) mass is 544 g/mol. The van der Waals surface area contributed by atoms with E-state index in [4.69, 9.17) is 0 Å². The third-order valence-corrected chi connectivity index (χ3v) is 9.59. The fraction of sp³-hybridized carbons (Fsp3) is 0.200. The molecule has 0 amide bonds. The van der Waals surface area contributed by atoms with Gasteiger partial charge in [0.25, 0.3) is 0 Å². The molecule has 8 rings (SSSR count). The number of anilines is 2. The lowest BCUT2D eigenvalue weighted by molar-refractivity contribution is 0.644. The molecule has 0 fully saturated rings. The highest BCUT2D eigenvalue weighted by molar-refractivity contribution is 6.11. The van der Waals surface area contributed by atoms with E-state index in [9.17, 15) is 0 Å². The van der Waals surface area contributed by atoms with Gasteiger partial charge in [0.1, 0.15) is 0 Å². The minimum absolute atomic E-state index is 0.0176. The predicted octanol–water partition coefficient (Wildman–Crippen LogP) is 10.5. The summed E-state index contributed by atoms with van der Waals surface area (Å²) < 4.78 is 2.46. The minimum atomic E-state index is -0.0176. The molecule has 42 heavy (non-hydrogen) atoms. The van der Waals surface area contributed by atoms with E-state index in [2.05, 4.69) is 152 Å². The molecule has 0 saturated carbocycles. The van der Waals surface area contributed by atoms with Crippen LogP contribution in [0, 0.1) is 6.92 Å². The second kappa shape index (κ2) is 9.49. The molecule has 3 aliphatic carbocycles. The predicted molar refractivity (Wildman–Crippen MR) is 179 cm³/mol. The molecule has 3 aliphatic rings. The van der Waals surface area contributed by atoms with Gasteiger partial charge in [-0.05, 0) is 84.9 Å². The molecule has 0 spiro atoms. The van der Waals surface area contributed by atoms with Gasteiger partial charge in [0.2, 0.25) is 0 Å². The van der Waals surface area contributed by atoms with Crippen molar-refractivity contribution in [3.05, 3.63) is 144 Å². The molecule has 2 heteroatoms. The molecule has 4 aromatic carbocycles. The fourth-order valence-electron chi connectivity index (χ4n) is 7.48. The average molecular weight is 545 g/mol. The Morgan fingerprint density at radius 3 is 2.36 bits per heavy atom. The quantitative estimate of drug-likeness (QED) is 0.218. The largest absolute Gasteiger partial charge is 0.334 e. The van der Waals surface area contributed by atoms with Crippen LogP contribution < -0.4 is 4.90 Å². The average Bonchev–Trinajstić information content (AvgIpc) is 3.47. The van der Waals surface area contributed by atoms with Crippen LogP contribution in [-0.4, -0.2) is 10.6 Å². The van der Waals surface area contributed by atoms with E-state index in [1.54, 1.807) is 0 Å². The molecule has 1 atom stereocenters. The van der Waals surface area contributed by atoms with Crippen molar-refractivity contribution < 1.29 is 0 Å². The van der Waals surface area contributed by atoms with Crippen LogP contribution in [-0.2, 0) is 5.41 Å². The lowest BCUT2D eigenvalue weighted by Crippen LogP contribution is -2.32. The number of benzene rings is 4. The summed E-state index contributed by atoms with van der Waals surface area (Å²) in [6, 6.07) is 34.1. The molecule has 0 radical (unpaired) electrons. The summed E-state index contributed by atoms with van der Waals surface area (Å²) >= 11 is 0. The van der Waals surface area contributed by atoms with Gasteiger partial charge in [-0.3, -0.25) is 0 Å². The summed E-state index contributed by atoms with van der Waals surface area (Å²) in [4.78, 5) is 2.56. The van der Waals surface area contributed by atoms with Crippen LogP contribution >= 0.6 is 0 Å². The first-order valence-electron chi connectivity index (χ1n) is 15.3. The lowest BCUT2D eigenvalue weighted by atomic mass is 9.79. The zero-order valence-corrected chi connectivity index (χ0v) is 24.6. The van der Waals surface area contributed by atoms with Gasteiger partial charge in [-0.2, -0.15) is 0 Å². The highest BCUT2D eigenvalue weighted by Crippen LogP contribution is 2.52. The summed E-state index contributed by atoms with van der Waals surface area (Å²) in [5.74, 6) is 0. The van der Waals surface area contributed by atoms with Gasteiger partial charge in [-0.1, -0.05) is 104 Å². The van der Waals surface area contributed by atoms with Crippen molar-refractivity contribution >= 4 is 44.5 Å². The van der Waals surface area contributed by atoms with Crippen LogP contribution in [0.5, 0.6) is 0 Å². The van der Waals surface area contributed by atoms with E-state index in [-0.39, 0.29) is 11.5 Å². The highest BCUT2D eigenvalue weighted by atomic mass is 15.2. The van der Waals surface area contributed by atoms with Gasteiger partial charge >= 0.3 is 0 Å². The Kier molecular flexibility index (Phi) is 5.69. The number of aromatic nitrogens is 1. The molecular formula is C40H36N2. The molecule has 0 saturated heterocycles. The van der Waals surface area contributed by atoms with Gasteiger partial charge in [0, 0.05) is 33.3 Å². The Morgan fingerprint density at radius 1 is 0.762 bits per heavy atom. The van der Waals surface area contributed by atoms with Crippen LogP contribution in [0.25, 0.3) is 33.1 Å². The van der Waals surface area contributed by atoms with Crippen molar-refractivity contribution in [1.82, 2.24) is 4.57 Å². The van der Waals surface area contributed by atoms with Crippen LogP contribution in [0.4, 0.5) is 11.4 Å². The van der Waals surface area contributed by atoms with E-state index in [1.807, 2.05) is 0 Å². The SMILES string of the molecule is Cc1ccc(N(c2ccc3c4ccccc4n(C4=CCCC=C4)c3c2)C2C=C3C(=CC2)c2ccccc2C3(C)C)cc1. The first-order valence-corrected chi connectivity index (χ1v) is 15.3. The zero-order valence-electron chi connectivity index (χ0n) is 24.6. The smallest absolute Gasteiger partial charge is 0.0563 e. The molecule has 0 aliphatic heterocycles. The van der Waals surface area contributed by atoms with Gasteiger partial charge in [0.15, 0.2) is 0 Å². The third-order valence-electron chi connectivity index (χ3n) is 9.59. The van der Waals surface area contributed by atoms with Gasteiger partial charge in [-0.25, -0.2) is 0 Å². The molecule has 5 aromatic rings. The maximum absolute atomic E-state index is 2.56. The first-order chi connectivity index (χ1) is 20.5. The first kappa shape index (κ1) is 25.2. The summed E-state index contributed by atoms with van der Waals surface area (Å²) in [5, 5.41) is 2.60. The number of nitrogens with zero attached hydrogens (tertiary/aromatic N) is 2. The number of aryl methyl sites for hydroxylation is 1. The maximum Gasteiger partial charge on any atom is 0.0563 e. The minimum Gasteiger partial charge on any atom is -0.334 e. The maximum atomic E-state index is 2.56.